The lowest BCUT2D eigenvalue weighted by molar-refractivity contribution is 0.153. The fourth-order valence-electron chi connectivity index (χ4n) is 2.65. The van der Waals surface area contributed by atoms with Gasteiger partial charge in [-0.25, -0.2) is 0 Å². The van der Waals surface area contributed by atoms with Gasteiger partial charge in [-0.1, -0.05) is 37.7 Å². The summed E-state index contributed by atoms with van der Waals surface area (Å²) in [6.07, 6.45) is 3.97. The Morgan fingerprint density at radius 1 is 1.40 bits per heavy atom. The van der Waals surface area contributed by atoms with E-state index in [1.807, 2.05) is 24.3 Å². The van der Waals surface area contributed by atoms with Crippen LogP contribution < -0.4 is 10.5 Å². The van der Waals surface area contributed by atoms with E-state index >= 15 is 0 Å². The zero-order chi connectivity index (χ0) is 14.4. The number of benzene rings is 1. The summed E-state index contributed by atoms with van der Waals surface area (Å²) in [5.74, 6) is 1.77. The van der Waals surface area contributed by atoms with Crippen molar-refractivity contribution in [2.75, 3.05) is 26.2 Å². The summed E-state index contributed by atoms with van der Waals surface area (Å²) < 4.78 is 5.80. The molecule has 0 aliphatic carbocycles. The van der Waals surface area contributed by atoms with Crippen LogP contribution in [0.5, 0.6) is 5.75 Å². The van der Waals surface area contributed by atoms with Gasteiger partial charge in [-0.15, -0.1) is 0 Å². The van der Waals surface area contributed by atoms with Gasteiger partial charge in [-0.05, 0) is 44.0 Å². The molecule has 1 aromatic rings. The van der Waals surface area contributed by atoms with Gasteiger partial charge in [0.25, 0.3) is 0 Å². The summed E-state index contributed by atoms with van der Waals surface area (Å²) in [7, 11) is 0. The third-order valence-electron chi connectivity index (χ3n) is 4.08. The van der Waals surface area contributed by atoms with Crippen LogP contribution in [0.4, 0.5) is 0 Å². The molecule has 0 amide bonds. The van der Waals surface area contributed by atoms with E-state index in [4.69, 9.17) is 22.7 Å². The second-order valence-corrected chi connectivity index (χ2v) is 5.87. The minimum Gasteiger partial charge on any atom is -0.492 e. The number of ether oxygens (including phenoxy) is 1. The maximum Gasteiger partial charge on any atom is 0.120 e. The van der Waals surface area contributed by atoms with Crippen LogP contribution in [0.3, 0.4) is 0 Å². The van der Waals surface area contributed by atoms with E-state index in [-0.39, 0.29) is 0 Å². The standard InChI is InChI=1S/C16H24N2OS/c1-2-13-6-8-18(9-7-13)10-11-19-15-5-3-4-14(12-15)16(17)20/h3-5,12-13H,2,6-11H2,1H3,(H2,17,20). The lowest BCUT2D eigenvalue weighted by Crippen LogP contribution is -2.36. The average molecular weight is 292 g/mol. The molecule has 0 aromatic heterocycles. The number of thiocarbonyl (C=S) groups is 1. The maximum atomic E-state index is 5.80. The molecule has 1 heterocycles. The molecule has 0 unspecified atom stereocenters. The number of piperidine rings is 1. The molecule has 20 heavy (non-hydrogen) atoms. The molecule has 2 N–H and O–H groups in total. The van der Waals surface area contributed by atoms with Crippen LogP contribution in [0.15, 0.2) is 24.3 Å². The zero-order valence-electron chi connectivity index (χ0n) is 12.2. The molecule has 0 radical (unpaired) electrons. The molecule has 1 saturated heterocycles. The second kappa shape index (κ2) is 7.60. The summed E-state index contributed by atoms with van der Waals surface area (Å²) in [4.78, 5) is 2.90. The lowest BCUT2D eigenvalue weighted by atomic mass is 9.94. The first-order valence-electron chi connectivity index (χ1n) is 7.44. The van der Waals surface area contributed by atoms with Crippen molar-refractivity contribution in [3.8, 4) is 5.75 Å². The predicted octanol–water partition coefficient (Wildman–Crippen LogP) is 2.82. The van der Waals surface area contributed by atoms with Gasteiger partial charge < -0.3 is 10.5 Å². The Morgan fingerprint density at radius 2 is 2.15 bits per heavy atom. The number of nitrogens with zero attached hydrogens (tertiary/aromatic N) is 1. The van der Waals surface area contributed by atoms with E-state index in [0.717, 1.165) is 30.4 Å². The molecule has 0 bridgehead atoms. The number of hydrogen-bond donors (Lipinski definition) is 1. The van der Waals surface area contributed by atoms with Gasteiger partial charge in [0.2, 0.25) is 0 Å². The van der Waals surface area contributed by atoms with E-state index in [9.17, 15) is 0 Å². The largest absolute Gasteiger partial charge is 0.492 e. The second-order valence-electron chi connectivity index (χ2n) is 5.43. The zero-order valence-corrected chi connectivity index (χ0v) is 13.0. The van der Waals surface area contributed by atoms with Gasteiger partial charge in [0, 0.05) is 12.1 Å². The fourth-order valence-corrected chi connectivity index (χ4v) is 2.78. The molecule has 1 aliphatic rings. The van der Waals surface area contributed by atoms with Crippen LogP contribution in [-0.4, -0.2) is 36.1 Å². The number of nitrogens with two attached hydrogens (primary N) is 1. The Hall–Kier alpha value is -1.13. The SMILES string of the molecule is CCC1CCN(CCOc2cccc(C(N)=S)c2)CC1. The van der Waals surface area contributed by atoms with Gasteiger partial charge in [-0.2, -0.15) is 0 Å². The summed E-state index contributed by atoms with van der Waals surface area (Å²) in [5.41, 5.74) is 6.48. The first kappa shape index (κ1) is 15.3. The molecule has 0 atom stereocenters. The van der Waals surface area contributed by atoms with Crippen molar-refractivity contribution in [2.24, 2.45) is 11.7 Å². The molecule has 1 fully saturated rings. The van der Waals surface area contributed by atoms with Crippen molar-refractivity contribution in [3.05, 3.63) is 29.8 Å². The number of likely N-dealkylation sites (tertiary alicyclic amines) is 1. The Morgan fingerprint density at radius 3 is 2.80 bits per heavy atom. The van der Waals surface area contributed by atoms with Crippen LogP contribution >= 0.6 is 12.2 Å². The van der Waals surface area contributed by atoms with Gasteiger partial charge in [0.05, 0.1) is 0 Å². The van der Waals surface area contributed by atoms with E-state index in [1.54, 1.807) is 0 Å². The van der Waals surface area contributed by atoms with Crippen molar-refractivity contribution in [2.45, 2.75) is 26.2 Å². The first-order valence-corrected chi connectivity index (χ1v) is 7.85. The highest BCUT2D eigenvalue weighted by Gasteiger charge is 2.17. The summed E-state index contributed by atoms with van der Waals surface area (Å²) in [6, 6.07) is 7.69. The third-order valence-corrected chi connectivity index (χ3v) is 4.32. The Kier molecular flexibility index (Phi) is 5.80. The summed E-state index contributed by atoms with van der Waals surface area (Å²) in [5, 5.41) is 0. The topological polar surface area (TPSA) is 38.5 Å². The first-order chi connectivity index (χ1) is 9.69. The molecular weight excluding hydrogens is 268 g/mol. The quantitative estimate of drug-likeness (QED) is 0.818. The number of rotatable bonds is 6. The van der Waals surface area contributed by atoms with Crippen molar-refractivity contribution < 1.29 is 4.74 Å². The van der Waals surface area contributed by atoms with Crippen LogP contribution in [0, 0.1) is 5.92 Å². The Balaban J connectivity index is 1.73. The van der Waals surface area contributed by atoms with Gasteiger partial charge >= 0.3 is 0 Å². The monoisotopic (exact) mass is 292 g/mol. The minimum absolute atomic E-state index is 0.414. The average Bonchev–Trinajstić information content (AvgIpc) is 2.48. The normalized spacial score (nSPS) is 17.1. The smallest absolute Gasteiger partial charge is 0.120 e. The molecule has 1 aromatic carbocycles. The molecule has 2 rings (SSSR count). The van der Waals surface area contributed by atoms with Crippen LogP contribution in [0.2, 0.25) is 0 Å². The summed E-state index contributed by atoms with van der Waals surface area (Å²) in [6.45, 7) is 6.41. The molecule has 4 heteroatoms. The highest BCUT2D eigenvalue weighted by atomic mass is 32.1. The minimum atomic E-state index is 0.414. The van der Waals surface area contributed by atoms with Crippen LogP contribution in [-0.2, 0) is 0 Å². The molecule has 3 nitrogen and oxygen atoms in total. The Bertz CT molecular complexity index is 442. The van der Waals surface area contributed by atoms with Crippen molar-refractivity contribution in [1.82, 2.24) is 4.90 Å². The molecular formula is C16H24N2OS. The third kappa shape index (κ3) is 4.46. The Labute approximate surface area is 127 Å². The lowest BCUT2D eigenvalue weighted by Gasteiger charge is -2.31. The van der Waals surface area contributed by atoms with E-state index in [2.05, 4.69) is 11.8 Å². The van der Waals surface area contributed by atoms with Gasteiger partial charge in [0.1, 0.15) is 17.3 Å². The molecule has 0 saturated carbocycles. The highest BCUT2D eigenvalue weighted by Crippen LogP contribution is 2.19. The van der Waals surface area contributed by atoms with Crippen LogP contribution in [0.1, 0.15) is 31.7 Å². The van der Waals surface area contributed by atoms with Gasteiger partial charge in [-0.3, -0.25) is 4.90 Å². The fraction of sp³-hybridized carbons (Fsp3) is 0.562. The van der Waals surface area contributed by atoms with Crippen molar-refractivity contribution in [3.63, 3.8) is 0 Å². The molecule has 0 spiro atoms. The maximum absolute atomic E-state index is 5.80. The molecule has 1 aliphatic heterocycles. The van der Waals surface area contributed by atoms with Crippen LogP contribution in [0.25, 0.3) is 0 Å². The summed E-state index contributed by atoms with van der Waals surface area (Å²) >= 11 is 4.97. The predicted molar refractivity (Wildman–Crippen MR) is 87.3 cm³/mol. The number of hydrogen-bond acceptors (Lipinski definition) is 3. The van der Waals surface area contributed by atoms with E-state index < -0.39 is 0 Å². The van der Waals surface area contributed by atoms with Crippen molar-refractivity contribution >= 4 is 17.2 Å². The van der Waals surface area contributed by atoms with E-state index in [0.29, 0.717) is 4.99 Å². The van der Waals surface area contributed by atoms with Crippen molar-refractivity contribution in [1.29, 1.82) is 0 Å². The van der Waals surface area contributed by atoms with E-state index in [1.165, 1.54) is 32.4 Å². The highest BCUT2D eigenvalue weighted by molar-refractivity contribution is 7.80. The molecule has 110 valence electrons. The van der Waals surface area contributed by atoms with Gasteiger partial charge in [0.15, 0.2) is 0 Å².